The number of hydrogen-bond donors (Lipinski definition) is 2. The number of nitrogens with one attached hydrogen (secondary N) is 2. The fourth-order valence-corrected chi connectivity index (χ4v) is 1.77. The summed E-state index contributed by atoms with van der Waals surface area (Å²) in [5.41, 5.74) is 0.401. The molecule has 2 N–H and O–H groups in total. The normalized spacial score (nSPS) is 11.1. The minimum atomic E-state index is -4.73. The van der Waals surface area contributed by atoms with E-state index in [2.05, 4.69) is 41.3 Å². The van der Waals surface area contributed by atoms with Crippen LogP contribution in [0.15, 0.2) is 34.9 Å². The van der Waals surface area contributed by atoms with Crippen molar-refractivity contribution in [2.24, 2.45) is 0 Å². The van der Waals surface area contributed by atoms with Crippen molar-refractivity contribution in [3.8, 4) is 5.75 Å². The first kappa shape index (κ1) is 15.4. The van der Waals surface area contributed by atoms with E-state index < -0.39 is 6.36 Å². The number of anilines is 3. The lowest BCUT2D eigenvalue weighted by molar-refractivity contribution is -0.274. The second kappa shape index (κ2) is 6.17. The van der Waals surface area contributed by atoms with Crippen molar-refractivity contribution in [3.05, 3.63) is 34.9 Å². The molecule has 1 aromatic heterocycles. The smallest absolute Gasteiger partial charge is 0.406 e. The summed E-state index contributed by atoms with van der Waals surface area (Å²) in [6.07, 6.45) is -3.20. The Bertz CT molecular complexity index is 636. The molecule has 0 radical (unpaired) electrons. The highest BCUT2D eigenvalue weighted by Crippen LogP contribution is 2.28. The third-order valence-corrected chi connectivity index (χ3v) is 2.88. The van der Waals surface area contributed by atoms with E-state index in [1.54, 1.807) is 13.1 Å². The van der Waals surface area contributed by atoms with Crippen LogP contribution in [0.3, 0.4) is 0 Å². The molecule has 0 fully saturated rings. The molecule has 0 aliphatic carbocycles. The molecular formula is C12H10BrF3N4O. The van der Waals surface area contributed by atoms with E-state index in [0.29, 0.717) is 21.9 Å². The summed E-state index contributed by atoms with van der Waals surface area (Å²) in [5, 5.41) is 5.65. The molecule has 21 heavy (non-hydrogen) atoms. The topological polar surface area (TPSA) is 59.1 Å². The highest BCUT2D eigenvalue weighted by molar-refractivity contribution is 9.10. The molecule has 5 nitrogen and oxygen atoms in total. The molecule has 112 valence electrons. The van der Waals surface area contributed by atoms with Crippen LogP contribution < -0.4 is 15.4 Å². The van der Waals surface area contributed by atoms with Crippen molar-refractivity contribution in [2.45, 2.75) is 6.36 Å². The Morgan fingerprint density at radius 2 is 2.05 bits per heavy atom. The maximum atomic E-state index is 12.2. The predicted molar refractivity (Wildman–Crippen MR) is 75.7 cm³/mol. The first-order valence-electron chi connectivity index (χ1n) is 5.70. The Morgan fingerprint density at radius 3 is 2.71 bits per heavy atom. The van der Waals surface area contributed by atoms with Gasteiger partial charge in [-0.1, -0.05) is 6.07 Å². The number of halogens is 4. The lowest BCUT2D eigenvalue weighted by Crippen LogP contribution is -2.17. The second-order valence-corrected chi connectivity index (χ2v) is 4.70. The van der Waals surface area contributed by atoms with Crippen LogP contribution in [0.5, 0.6) is 5.75 Å². The van der Waals surface area contributed by atoms with Gasteiger partial charge < -0.3 is 15.4 Å². The molecule has 1 aromatic carbocycles. The number of ether oxygens (including phenoxy) is 1. The molecule has 0 amide bonds. The van der Waals surface area contributed by atoms with Crippen molar-refractivity contribution in [1.29, 1.82) is 0 Å². The van der Waals surface area contributed by atoms with Gasteiger partial charge in [0, 0.05) is 25.0 Å². The summed E-state index contributed by atoms with van der Waals surface area (Å²) >= 11 is 3.26. The van der Waals surface area contributed by atoms with Crippen LogP contribution in [0.1, 0.15) is 0 Å². The molecule has 0 aliphatic heterocycles. The minimum absolute atomic E-state index is 0.313. The Balaban J connectivity index is 2.22. The average molecular weight is 363 g/mol. The van der Waals surface area contributed by atoms with Crippen molar-refractivity contribution < 1.29 is 17.9 Å². The van der Waals surface area contributed by atoms with E-state index in [-0.39, 0.29) is 5.75 Å². The SMILES string of the molecule is CNc1ncc(Br)c(Nc2cccc(OC(F)(F)F)c2)n1. The van der Waals surface area contributed by atoms with E-state index in [4.69, 9.17) is 0 Å². The van der Waals surface area contributed by atoms with Gasteiger partial charge in [-0.05, 0) is 28.1 Å². The van der Waals surface area contributed by atoms with E-state index in [9.17, 15) is 13.2 Å². The zero-order valence-electron chi connectivity index (χ0n) is 10.7. The minimum Gasteiger partial charge on any atom is -0.406 e. The summed E-state index contributed by atoms with van der Waals surface area (Å²) in [6.45, 7) is 0. The molecule has 2 aromatic rings. The van der Waals surface area contributed by atoms with Gasteiger partial charge in [0.15, 0.2) is 0 Å². The number of hydrogen-bond acceptors (Lipinski definition) is 5. The van der Waals surface area contributed by atoms with Crippen LogP contribution in [0.25, 0.3) is 0 Å². The van der Waals surface area contributed by atoms with Crippen LogP contribution in [0.4, 0.5) is 30.6 Å². The lowest BCUT2D eigenvalue weighted by atomic mass is 10.3. The Labute approximate surface area is 126 Å². The number of alkyl halides is 3. The van der Waals surface area contributed by atoms with Crippen molar-refractivity contribution in [1.82, 2.24) is 9.97 Å². The van der Waals surface area contributed by atoms with Crippen LogP contribution in [-0.4, -0.2) is 23.4 Å². The number of nitrogens with zero attached hydrogens (tertiary/aromatic N) is 2. The standard InChI is InChI=1S/C12H10BrF3N4O/c1-17-11-18-6-9(13)10(20-11)19-7-3-2-4-8(5-7)21-12(14,15)16/h2-6H,1H3,(H2,17,18,19,20). The van der Waals surface area contributed by atoms with E-state index >= 15 is 0 Å². The van der Waals surface area contributed by atoms with Gasteiger partial charge in [-0.3, -0.25) is 0 Å². The molecule has 0 bridgehead atoms. The summed E-state index contributed by atoms with van der Waals surface area (Å²) in [7, 11) is 1.66. The van der Waals surface area contributed by atoms with Gasteiger partial charge >= 0.3 is 6.36 Å². The Morgan fingerprint density at radius 1 is 1.29 bits per heavy atom. The number of rotatable bonds is 4. The van der Waals surface area contributed by atoms with Crippen LogP contribution in [0.2, 0.25) is 0 Å². The van der Waals surface area contributed by atoms with Crippen LogP contribution >= 0.6 is 15.9 Å². The van der Waals surface area contributed by atoms with Gasteiger partial charge in [0.05, 0.1) is 4.47 Å². The Kier molecular flexibility index (Phi) is 4.51. The van der Waals surface area contributed by atoms with Crippen molar-refractivity contribution in [2.75, 3.05) is 17.7 Å². The number of aromatic nitrogens is 2. The molecule has 0 saturated heterocycles. The first-order valence-corrected chi connectivity index (χ1v) is 6.50. The van der Waals surface area contributed by atoms with Gasteiger partial charge in [0.1, 0.15) is 11.6 Å². The van der Waals surface area contributed by atoms with E-state index in [1.807, 2.05) is 0 Å². The average Bonchev–Trinajstić information content (AvgIpc) is 2.40. The summed E-state index contributed by atoms with van der Waals surface area (Å²) in [4.78, 5) is 8.13. The highest BCUT2D eigenvalue weighted by atomic mass is 79.9. The predicted octanol–water partition coefficient (Wildman–Crippen LogP) is 3.92. The summed E-state index contributed by atoms with van der Waals surface area (Å²) in [5.74, 6) is 0.480. The third-order valence-electron chi connectivity index (χ3n) is 2.30. The maximum Gasteiger partial charge on any atom is 0.573 e. The van der Waals surface area contributed by atoms with Gasteiger partial charge in [-0.2, -0.15) is 4.98 Å². The molecule has 0 unspecified atom stereocenters. The fourth-order valence-electron chi connectivity index (χ4n) is 1.48. The van der Waals surface area contributed by atoms with Gasteiger partial charge in [-0.25, -0.2) is 4.98 Å². The van der Waals surface area contributed by atoms with Gasteiger partial charge in [-0.15, -0.1) is 13.2 Å². The third kappa shape index (κ3) is 4.48. The largest absolute Gasteiger partial charge is 0.573 e. The van der Waals surface area contributed by atoms with Gasteiger partial charge in [0.2, 0.25) is 5.95 Å². The molecule has 9 heteroatoms. The zero-order valence-corrected chi connectivity index (χ0v) is 12.3. The highest BCUT2D eigenvalue weighted by Gasteiger charge is 2.31. The molecule has 0 saturated carbocycles. The van der Waals surface area contributed by atoms with Crippen molar-refractivity contribution in [3.63, 3.8) is 0 Å². The van der Waals surface area contributed by atoms with E-state index in [0.717, 1.165) is 0 Å². The maximum absolute atomic E-state index is 12.2. The van der Waals surface area contributed by atoms with E-state index in [1.165, 1.54) is 24.4 Å². The zero-order chi connectivity index (χ0) is 15.5. The first-order chi connectivity index (χ1) is 9.87. The summed E-state index contributed by atoms with van der Waals surface area (Å²) < 4.78 is 41.0. The summed E-state index contributed by atoms with van der Waals surface area (Å²) in [6, 6.07) is 5.47. The fraction of sp³-hybridized carbons (Fsp3) is 0.167. The molecule has 0 atom stereocenters. The molecule has 1 heterocycles. The van der Waals surface area contributed by atoms with Crippen LogP contribution in [-0.2, 0) is 0 Å². The van der Waals surface area contributed by atoms with Gasteiger partial charge in [0.25, 0.3) is 0 Å². The molecular weight excluding hydrogens is 353 g/mol. The van der Waals surface area contributed by atoms with Crippen molar-refractivity contribution >= 4 is 33.4 Å². The monoisotopic (exact) mass is 362 g/mol. The lowest BCUT2D eigenvalue weighted by Gasteiger charge is -2.12. The second-order valence-electron chi connectivity index (χ2n) is 3.84. The molecule has 0 aliphatic rings. The quantitative estimate of drug-likeness (QED) is 0.862. The number of benzene rings is 1. The molecule has 0 spiro atoms. The van der Waals surface area contributed by atoms with Crippen LogP contribution in [0, 0.1) is 0 Å². The molecule has 2 rings (SSSR count). The Hall–Kier alpha value is -2.03.